The molecule has 7 nitrogen and oxygen atoms in total. The summed E-state index contributed by atoms with van der Waals surface area (Å²) in [6, 6.07) is 21.0. The molecule has 0 fully saturated rings. The summed E-state index contributed by atoms with van der Waals surface area (Å²) < 4.78 is 20.1. The van der Waals surface area contributed by atoms with Crippen LogP contribution in [0.5, 0.6) is 5.75 Å². The predicted octanol–water partition coefficient (Wildman–Crippen LogP) is 3.66. The fourth-order valence-electron chi connectivity index (χ4n) is 3.31. The number of rotatable bonds is 5. The van der Waals surface area contributed by atoms with E-state index in [2.05, 4.69) is 20.3 Å². The van der Waals surface area contributed by atoms with Crippen molar-refractivity contribution in [3.63, 3.8) is 0 Å². The van der Waals surface area contributed by atoms with Crippen LogP contribution in [0.25, 0.3) is 27.8 Å². The average molecular weight is 415 g/mol. The lowest BCUT2D eigenvalue weighted by Gasteiger charge is -2.07. The lowest BCUT2D eigenvalue weighted by molar-refractivity contribution is 0.415. The molecule has 0 aliphatic carbocycles. The van der Waals surface area contributed by atoms with Crippen LogP contribution in [0.2, 0.25) is 0 Å². The smallest absolute Gasteiger partial charge is 0.177 e. The fraction of sp³-hybridized carbons (Fsp3) is 0.0909. The van der Waals surface area contributed by atoms with Crippen LogP contribution in [0.3, 0.4) is 0 Å². The van der Waals surface area contributed by atoms with Crippen LogP contribution in [0.4, 0.5) is 0 Å². The van der Waals surface area contributed by atoms with Crippen LogP contribution in [-0.4, -0.2) is 36.1 Å². The number of pyridine rings is 1. The van der Waals surface area contributed by atoms with Crippen LogP contribution >= 0.6 is 0 Å². The van der Waals surface area contributed by atoms with Gasteiger partial charge in [-0.2, -0.15) is 9.61 Å². The molecule has 5 aromatic rings. The minimum atomic E-state index is -1.35. The summed E-state index contributed by atoms with van der Waals surface area (Å²) in [6.45, 7) is 0. The lowest BCUT2D eigenvalue weighted by Crippen LogP contribution is -2.05. The summed E-state index contributed by atoms with van der Waals surface area (Å²) in [7, 11) is 0.260. The van der Waals surface area contributed by atoms with Gasteiger partial charge in [0, 0.05) is 23.2 Å². The van der Waals surface area contributed by atoms with E-state index in [0.717, 1.165) is 22.2 Å². The highest BCUT2D eigenvalue weighted by Gasteiger charge is 2.16. The quantitative estimate of drug-likeness (QED) is 0.436. The SMILES string of the molecule is COc1ccc2c([S@](=O)Cc3nnc4ccc(-c5ccccc5)nn34)ccnc2c1. The molecule has 3 heterocycles. The molecule has 1 atom stereocenters. The second-order valence-corrected chi connectivity index (χ2v) is 8.07. The molecule has 3 aromatic heterocycles. The van der Waals surface area contributed by atoms with Crippen LogP contribution in [0, 0.1) is 0 Å². The van der Waals surface area contributed by atoms with Crippen molar-refractivity contribution < 1.29 is 8.95 Å². The van der Waals surface area contributed by atoms with Crippen molar-refractivity contribution in [1.82, 2.24) is 24.8 Å². The van der Waals surface area contributed by atoms with Gasteiger partial charge in [-0.25, -0.2) is 0 Å². The Morgan fingerprint density at radius 1 is 1.00 bits per heavy atom. The molecule has 2 aromatic carbocycles. The summed E-state index contributed by atoms with van der Waals surface area (Å²) in [6.07, 6.45) is 1.66. The van der Waals surface area contributed by atoms with Crippen molar-refractivity contribution in [2.75, 3.05) is 7.11 Å². The van der Waals surface area contributed by atoms with E-state index in [9.17, 15) is 4.21 Å². The topological polar surface area (TPSA) is 82.3 Å². The summed E-state index contributed by atoms with van der Waals surface area (Å²) in [4.78, 5) is 5.06. The molecule has 0 N–H and O–H groups in total. The number of hydrogen-bond acceptors (Lipinski definition) is 6. The molecule has 0 spiro atoms. The van der Waals surface area contributed by atoms with E-state index in [-0.39, 0.29) is 5.75 Å². The van der Waals surface area contributed by atoms with E-state index < -0.39 is 10.8 Å². The molecule has 0 bridgehead atoms. The number of methoxy groups -OCH3 is 1. The number of ether oxygens (including phenoxy) is 1. The summed E-state index contributed by atoms with van der Waals surface area (Å²) >= 11 is 0. The second kappa shape index (κ2) is 7.64. The van der Waals surface area contributed by atoms with Crippen molar-refractivity contribution in [1.29, 1.82) is 0 Å². The molecule has 0 saturated carbocycles. The number of benzene rings is 2. The molecular formula is C22H17N5O2S. The Balaban J connectivity index is 1.51. The maximum absolute atomic E-state index is 13.2. The van der Waals surface area contributed by atoms with Crippen molar-refractivity contribution in [3.8, 4) is 17.0 Å². The maximum Gasteiger partial charge on any atom is 0.177 e. The van der Waals surface area contributed by atoms with Gasteiger partial charge in [0.2, 0.25) is 0 Å². The molecule has 0 saturated heterocycles. The summed E-state index contributed by atoms with van der Waals surface area (Å²) in [5, 5.41) is 13.9. The average Bonchev–Trinajstić information content (AvgIpc) is 3.20. The van der Waals surface area contributed by atoms with Crippen LogP contribution in [-0.2, 0) is 16.6 Å². The minimum absolute atomic E-state index is 0.192. The maximum atomic E-state index is 13.2. The molecule has 0 radical (unpaired) electrons. The fourth-order valence-corrected chi connectivity index (χ4v) is 4.51. The highest BCUT2D eigenvalue weighted by atomic mass is 32.2. The third-order valence-corrected chi connectivity index (χ3v) is 6.18. The van der Waals surface area contributed by atoms with Gasteiger partial charge in [0.15, 0.2) is 11.5 Å². The van der Waals surface area contributed by atoms with Crippen LogP contribution in [0.15, 0.2) is 77.8 Å². The standard InChI is InChI=1S/C22H17N5O2S/c1-29-16-7-8-17-19(13-16)23-12-11-20(17)30(28)14-22-25-24-21-10-9-18(26-27(21)22)15-5-3-2-4-6-15/h2-13H,14H2,1H3/t30-/m1/s1. The number of hydrogen-bond donors (Lipinski definition) is 0. The molecule has 0 unspecified atom stereocenters. The third kappa shape index (κ3) is 3.31. The Morgan fingerprint density at radius 2 is 1.87 bits per heavy atom. The van der Waals surface area contributed by atoms with E-state index in [0.29, 0.717) is 22.1 Å². The first-order valence-corrected chi connectivity index (χ1v) is 10.6. The molecule has 0 aliphatic rings. The van der Waals surface area contributed by atoms with E-state index in [4.69, 9.17) is 4.74 Å². The van der Waals surface area contributed by atoms with Crippen molar-refractivity contribution in [3.05, 3.63) is 78.8 Å². The zero-order valence-corrected chi connectivity index (χ0v) is 16.9. The zero-order chi connectivity index (χ0) is 20.5. The number of aromatic nitrogens is 5. The first-order chi connectivity index (χ1) is 14.7. The van der Waals surface area contributed by atoms with Gasteiger partial charge in [-0.15, -0.1) is 10.2 Å². The first kappa shape index (κ1) is 18.4. The molecule has 0 aliphatic heterocycles. The van der Waals surface area contributed by atoms with Gasteiger partial charge in [0.05, 0.1) is 39.8 Å². The molecule has 148 valence electrons. The van der Waals surface area contributed by atoms with E-state index in [1.54, 1.807) is 23.9 Å². The van der Waals surface area contributed by atoms with Crippen molar-refractivity contribution in [2.24, 2.45) is 0 Å². The van der Waals surface area contributed by atoms with E-state index in [1.807, 2.05) is 60.7 Å². The molecule has 0 amide bonds. The summed E-state index contributed by atoms with van der Waals surface area (Å²) in [5.41, 5.74) is 3.15. The lowest BCUT2D eigenvalue weighted by atomic mass is 10.1. The Labute approximate surface area is 174 Å². The summed E-state index contributed by atoms with van der Waals surface area (Å²) in [5.74, 6) is 1.44. The molecule has 5 rings (SSSR count). The zero-order valence-electron chi connectivity index (χ0n) is 16.1. The minimum Gasteiger partial charge on any atom is -0.497 e. The normalized spacial score (nSPS) is 12.3. The Kier molecular flexibility index (Phi) is 4.68. The number of nitrogens with zero attached hydrogens (tertiary/aromatic N) is 5. The molecular weight excluding hydrogens is 398 g/mol. The van der Waals surface area contributed by atoms with Crippen molar-refractivity contribution >= 4 is 27.3 Å². The predicted molar refractivity (Wildman–Crippen MR) is 115 cm³/mol. The van der Waals surface area contributed by atoms with Gasteiger partial charge in [-0.1, -0.05) is 30.3 Å². The monoisotopic (exact) mass is 415 g/mol. The Bertz CT molecular complexity index is 1380. The molecule has 30 heavy (non-hydrogen) atoms. The highest BCUT2D eigenvalue weighted by Crippen LogP contribution is 2.25. The first-order valence-electron chi connectivity index (χ1n) is 9.31. The van der Waals surface area contributed by atoms with E-state index in [1.165, 1.54) is 0 Å². The van der Waals surface area contributed by atoms with Gasteiger partial charge in [-0.05, 0) is 30.3 Å². The van der Waals surface area contributed by atoms with Crippen LogP contribution < -0.4 is 4.74 Å². The Morgan fingerprint density at radius 3 is 2.70 bits per heavy atom. The van der Waals surface area contributed by atoms with Gasteiger partial charge < -0.3 is 4.74 Å². The Hall–Kier alpha value is -3.65. The third-order valence-electron chi connectivity index (χ3n) is 4.81. The van der Waals surface area contributed by atoms with Gasteiger partial charge >= 0.3 is 0 Å². The van der Waals surface area contributed by atoms with E-state index >= 15 is 0 Å². The number of fused-ring (bicyclic) bond motifs is 2. The van der Waals surface area contributed by atoms with Gasteiger partial charge in [0.25, 0.3) is 0 Å². The van der Waals surface area contributed by atoms with Gasteiger partial charge in [-0.3, -0.25) is 9.19 Å². The van der Waals surface area contributed by atoms with Crippen molar-refractivity contribution in [2.45, 2.75) is 10.6 Å². The highest BCUT2D eigenvalue weighted by molar-refractivity contribution is 7.84. The van der Waals surface area contributed by atoms with Gasteiger partial charge in [0.1, 0.15) is 5.75 Å². The van der Waals surface area contributed by atoms with Crippen LogP contribution in [0.1, 0.15) is 5.82 Å². The second-order valence-electron chi connectivity index (χ2n) is 6.65. The molecule has 8 heteroatoms. The largest absolute Gasteiger partial charge is 0.497 e.